The van der Waals surface area contributed by atoms with Crippen LogP contribution in [-0.4, -0.2) is 60.8 Å². The molecule has 1 heterocycles. The van der Waals surface area contributed by atoms with E-state index in [2.05, 4.69) is 0 Å². The van der Waals surface area contributed by atoms with E-state index >= 15 is 0 Å². The highest BCUT2D eigenvalue weighted by Crippen LogP contribution is 2.42. The molecule has 1 aromatic carbocycles. The second kappa shape index (κ2) is 8.43. The first-order valence-electron chi connectivity index (χ1n) is 7.57. The fourth-order valence-electron chi connectivity index (χ4n) is 2.57. The van der Waals surface area contributed by atoms with Crippen molar-refractivity contribution in [2.45, 2.75) is 0 Å². The average molecular weight is 367 g/mol. The molecule has 26 heavy (non-hydrogen) atoms. The van der Waals surface area contributed by atoms with Crippen molar-refractivity contribution in [3.63, 3.8) is 0 Å². The summed E-state index contributed by atoms with van der Waals surface area (Å²) in [7, 11) is 6.89. The molecule has 0 unspecified atom stereocenters. The largest absolute Gasteiger partial charge is 0.493 e. The molecule has 0 aromatic heterocycles. The summed E-state index contributed by atoms with van der Waals surface area (Å²) >= 11 is 0. The first-order chi connectivity index (χ1) is 12.5. The minimum atomic E-state index is -0.692. The second-order valence-corrected chi connectivity index (χ2v) is 5.10. The lowest BCUT2D eigenvalue weighted by Crippen LogP contribution is -2.38. The number of benzene rings is 1. The van der Waals surface area contributed by atoms with E-state index in [1.807, 2.05) is 0 Å². The first-order valence-corrected chi connectivity index (χ1v) is 7.57. The molecule has 142 valence electrons. The van der Waals surface area contributed by atoms with Gasteiger partial charge in [0, 0.05) is 12.1 Å². The normalized spacial score (nSPS) is 14.0. The molecule has 9 nitrogen and oxygen atoms in total. The van der Waals surface area contributed by atoms with Crippen LogP contribution in [-0.2, 0) is 23.8 Å². The molecule has 0 N–H and O–H groups in total. The maximum atomic E-state index is 12.3. The Labute approximate surface area is 151 Å². The Morgan fingerprint density at radius 3 is 1.96 bits per heavy atom. The van der Waals surface area contributed by atoms with Gasteiger partial charge in [-0.25, -0.2) is 9.59 Å². The van der Waals surface area contributed by atoms with E-state index in [-0.39, 0.29) is 24.6 Å². The maximum Gasteiger partial charge on any atom is 0.355 e. The fourth-order valence-corrected chi connectivity index (χ4v) is 2.57. The van der Waals surface area contributed by atoms with Crippen LogP contribution in [0.25, 0.3) is 0 Å². The number of ether oxygens (including phenoxy) is 6. The van der Waals surface area contributed by atoms with Crippen LogP contribution in [0.15, 0.2) is 23.4 Å². The minimum Gasteiger partial charge on any atom is -0.493 e. The van der Waals surface area contributed by atoms with Crippen LogP contribution < -0.4 is 19.1 Å². The van der Waals surface area contributed by atoms with Gasteiger partial charge in [0.2, 0.25) is 5.75 Å². The molecule has 2 rings (SSSR count). The molecule has 0 spiro atoms. The van der Waals surface area contributed by atoms with Gasteiger partial charge in [0.05, 0.1) is 53.4 Å². The lowest BCUT2D eigenvalue weighted by molar-refractivity contribution is -0.140. The van der Waals surface area contributed by atoms with Crippen molar-refractivity contribution in [3.05, 3.63) is 23.4 Å². The van der Waals surface area contributed by atoms with Gasteiger partial charge in [-0.15, -0.1) is 0 Å². The van der Waals surface area contributed by atoms with Crippen LogP contribution in [0, 0.1) is 0 Å². The third-order valence-corrected chi connectivity index (χ3v) is 3.79. The van der Waals surface area contributed by atoms with Crippen molar-refractivity contribution in [1.82, 2.24) is 0 Å². The summed E-state index contributed by atoms with van der Waals surface area (Å²) in [6.45, 7) is -0.0540. The second-order valence-electron chi connectivity index (χ2n) is 5.10. The van der Waals surface area contributed by atoms with Gasteiger partial charge in [-0.1, -0.05) is 0 Å². The molecule has 0 radical (unpaired) electrons. The third kappa shape index (κ3) is 3.52. The molecule has 0 fully saturated rings. The number of carbonyl (C=O) groups excluding carboxylic acids is 2. The quantitative estimate of drug-likeness (QED) is 0.685. The predicted octanol–water partition coefficient (Wildman–Crippen LogP) is 1.11. The van der Waals surface area contributed by atoms with Gasteiger partial charge in [-0.3, -0.25) is 0 Å². The lowest BCUT2D eigenvalue weighted by atomic mass is 10.1. The highest BCUT2D eigenvalue weighted by Gasteiger charge is 2.33. The first kappa shape index (κ1) is 19.4. The Bertz CT molecular complexity index is 702. The number of hydrogen-bond acceptors (Lipinski definition) is 9. The number of carbonyl (C=O) groups is 2. The van der Waals surface area contributed by atoms with Gasteiger partial charge in [0.1, 0.15) is 12.4 Å². The summed E-state index contributed by atoms with van der Waals surface area (Å²) in [5.74, 6) is -0.203. The Morgan fingerprint density at radius 1 is 0.923 bits per heavy atom. The molecule has 0 amide bonds. The third-order valence-electron chi connectivity index (χ3n) is 3.79. The van der Waals surface area contributed by atoms with Crippen molar-refractivity contribution in [3.8, 4) is 17.2 Å². The Balaban J connectivity index is 2.64. The minimum absolute atomic E-state index is 0.0174. The predicted molar refractivity (Wildman–Crippen MR) is 90.5 cm³/mol. The molecule has 1 aromatic rings. The van der Waals surface area contributed by atoms with Gasteiger partial charge >= 0.3 is 11.9 Å². The molecule has 0 atom stereocenters. The van der Waals surface area contributed by atoms with E-state index in [9.17, 15) is 9.59 Å². The van der Waals surface area contributed by atoms with Gasteiger partial charge in [0.25, 0.3) is 0 Å². The summed E-state index contributed by atoms with van der Waals surface area (Å²) in [5, 5.41) is 0. The van der Waals surface area contributed by atoms with Gasteiger partial charge in [-0.05, 0) is 0 Å². The summed E-state index contributed by atoms with van der Waals surface area (Å²) < 4.78 is 31.0. The summed E-state index contributed by atoms with van der Waals surface area (Å²) in [5.41, 5.74) is 0.570. The van der Waals surface area contributed by atoms with Crippen LogP contribution in [0.4, 0.5) is 5.69 Å². The molecule has 0 bridgehead atoms. The van der Waals surface area contributed by atoms with Crippen LogP contribution in [0.1, 0.15) is 0 Å². The van der Waals surface area contributed by atoms with E-state index in [4.69, 9.17) is 28.4 Å². The van der Waals surface area contributed by atoms with Gasteiger partial charge < -0.3 is 33.3 Å². The van der Waals surface area contributed by atoms with E-state index in [1.54, 1.807) is 12.1 Å². The zero-order chi connectivity index (χ0) is 19.3. The van der Waals surface area contributed by atoms with E-state index in [1.165, 1.54) is 40.4 Å². The summed E-state index contributed by atoms with van der Waals surface area (Å²) in [4.78, 5) is 25.9. The SMILES string of the molecule is COC(=O)C1=C(C(=O)OC)N(c2cc(OC)c(OC)c(OC)c2)COC1. The van der Waals surface area contributed by atoms with Crippen LogP contribution >= 0.6 is 0 Å². The summed E-state index contributed by atoms with van der Waals surface area (Å²) in [6.07, 6.45) is 0. The van der Waals surface area contributed by atoms with Crippen LogP contribution in [0.3, 0.4) is 0 Å². The van der Waals surface area contributed by atoms with Crippen LogP contribution in [0.5, 0.6) is 17.2 Å². The fraction of sp³-hybridized carbons (Fsp3) is 0.412. The molecule has 1 aliphatic rings. The molecule has 9 heteroatoms. The lowest BCUT2D eigenvalue weighted by Gasteiger charge is -2.31. The van der Waals surface area contributed by atoms with Crippen molar-refractivity contribution in [1.29, 1.82) is 0 Å². The zero-order valence-electron chi connectivity index (χ0n) is 15.3. The Kier molecular flexibility index (Phi) is 6.29. The van der Waals surface area contributed by atoms with E-state index in [0.29, 0.717) is 22.9 Å². The monoisotopic (exact) mass is 367 g/mol. The number of hydrogen-bond donors (Lipinski definition) is 0. The molecule has 1 aliphatic heterocycles. The Hall–Kier alpha value is -2.94. The number of esters is 2. The zero-order valence-corrected chi connectivity index (χ0v) is 15.3. The number of anilines is 1. The molecular formula is C17H21NO8. The highest BCUT2D eigenvalue weighted by atomic mass is 16.5. The van der Waals surface area contributed by atoms with Gasteiger partial charge in [-0.2, -0.15) is 0 Å². The van der Waals surface area contributed by atoms with Gasteiger partial charge in [0.15, 0.2) is 11.5 Å². The van der Waals surface area contributed by atoms with E-state index in [0.717, 1.165) is 0 Å². The average Bonchev–Trinajstić information content (AvgIpc) is 2.70. The van der Waals surface area contributed by atoms with E-state index < -0.39 is 11.9 Å². The van der Waals surface area contributed by atoms with Crippen molar-refractivity contribution >= 4 is 17.6 Å². The highest BCUT2D eigenvalue weighted by molar-refractivity contribution is 6.03. The molecule has 0 saturated heterocycles. The Morgan fingerprint density at radius 2 is 1.50 bits per heavy atom. The molecular weight excluding hydrogens is 346 g/mol. The smallest absolute Gasteiger partial charge is 0.355 e. The molecule has 0 aliphatic carbocycles. The maximum absolute atomic E-state index is 12.3. The number of nitrogens with zero attached hydrogens (tertiary/aromatic N) is 1. The van der Waals surface area contributed by atoms with Crippen molar-refractivity contribution < 1.29 is 38.0 Å². The number of rotatable bonds is 6. The molecule has 0 saturated carbocycles. The summed E-state index contributed by atoms with van der Waals surface area (Å²) in [6, 6.07) is 3.27. The topological polar surface area (TPSA) is 92.8 Å². The van der Waals surface area contributed by atoms with Crippen molar-refractivity contribution in [2.24, 2.45) is 0 Å². The van der Waals surface area contributed by atoms with Crippen molar-refractivity contribution in [2.75, 3.05) is 53.8 Å². The van der Waals surface area contributed by atoms with Crippen LogP contribution in [0.2, 0.25) is 0 Å². The number of methoxy groups -OCH3 is 5. The standard InChI is InChI=1S/C17H21NO8/c1-21-12-6-10(7-13(22-2)15(12)23-3)18-9-26-8-11(16(19)24-4)14(18)17(20)25-5/h6-7H,8-9H2,1-5H3.